The number of aromatic amines is 1. The predicted octanol–water partition coefficient (Wildman–Crippen LogP) is 5.34. The molecule has 0 aliphatic carbocycles. The highest BCUT2D eigenvalue weighted by atomic mass is 19.1. The van der Waals surface area contributed by atoms with Gasteiger partial charge in [-0.15, -0.1) is 0 Å². The summed E-state index contributed by atoms with van der Waals surface area (Å²) in [4.78, 5) is 13.7. The van der Waals surface area contributed by atoms with Crippen LogP contribution in [0.25, 0.3) is 33.2 Å². The van der Waals surface area contributed by atoms with E-state index in [1.165, 1.54) is 6.08 Å². The molecule has 3 aromatic carbocycles. The van der Waals surface area contributed by atoms with Gasteiger partial charge in [-0.2, -0.15) is 5.10 Å². The minimum Gasteiger partial charge on any atom is -0.382 e. The van der Waals surface area contributed by atoms with Gasteiger partial charge in [0.05, 0.1) is 16.6 Å². The van der Waals surface area contributed by atoms with Crippen LogP contribution < -0.4 is 16.0 Å². The van der Waals surface area contributed by atoms with E-state index >= 15 is 4.39 Å². The average Bonchev–Trinajstić information content (AvgIpc) is 3.49. The first-order chi connectivity index (χ1) is 16.0. The van der Waals surface area contributed by atoms with Crippen molar-refractivity contribution in [2.45, 2.75) is 12.8 Å². The third-order valence-electron chi connectivity index (χ3n) is 6.09. The Morgan fingerprint density at radius 1 is 1.09 bits per heavy atom. The molecule has 5 rings (SSSR count). The monoisotopic (exact) mass is 441 g/mol. The van der Waals surface area contributed by atoms with Gasteiger partial charge in [0, 0.05) is 24.3 Å². The molecule has 0 spiro atoms. The average molecular weight is 442 g/mol. The second-order valence-electron chi connectivity index (χ2n) is 8.15. The number of carbonyl (C=O) groups is 1. The Labute approximate surface area is 190 Å². The van der Waals surface area contributed by atoms with Gasteiger partial charge in [-0.05, 0) is 65.9 Å². The van der Waals surface area contributed by atoms with E-state index in [1.807, 2.05) is 48.5 Å². The van der Waals surface area contributed by atoms with Crippen LogP contribution >= 0.6 is 0 Å². The molecule has 1 aliphatic rings. The van der Waals surface area contributed by atoms with Gasteiger partial charge in [-0.25, -0.2) is 4.39 Å². The topological polar surface area (TPSA) is 87.0 Å². The largest absolute Gasteiger partial charge is 0.382 e. The summed E-state index contributed by atoms with van der Waals surface area (Å²) in [6, 6.07) is 16.7. The lowest BCUT2D eigenvalue weighted by molar-refractivity contribution is -0.111. The highest BCUT2D eigenvalue weighted by Crippen LogP contribution is 2.41. The second-order valence-corrected chi connectivity index (χ2v) is 8.15. The Bertz CT molecular complexity index is 1350. The zero-order valence-electron chi connectivity index (χ0n) is 18.1. The first-order valence-corrected chi connectivity index (χ1v) is 10.9. The summed E-state index contributed by atoms with van der Waals surface area (Å²) in [6.07, 6.45) is 3.39. The number of nitrogen functional groups attached to an aromatic ring is 1. The van der Waals surface area contributed by atoms with Gasteiger partial charge in [-0.1, -0.05) is 30.8 Å². The lowest BCUT2D eigenvalue weighted by atomic mass is 9.91. The fourth-order valence-corrected chi connectivity index (χ4v) is 4.48. The van der Waals surface area contributed by atoms with E-state index in [2.05, 4.69) is 27.0 Å². The van der Waals surface area contributed by atoms with Gasteiger partial charge in [0.2, 0.25) is 5.91 Å². The minimum atomic E-state index is -0.274. The summed E-state index contributed by atoms with van der Waals surface area (Å²) >= 11 is 0. The fourth-order valence-electron chi connectivity index (χ4n) is 4.48. The quantitative estimate of drug-likeness (QED) is 0.365. The van der Waals surface area contributed by atoms with Crippen molar-refractivity contribution in [3.05, 3.63) is 73.1 Å². The Kier molecular flexibility index (Phi) is 5.30. The molecule has 7 heteroatoms. The minimum absolute atomic E-state index is 0.248. The maximum Gasteiger partial charge on any atom is 0.247 e. The highest BCUT2D eigenvalue weighted by Gasteiger charge is 2.20. The molecular weight excluding hydrogens is 417 g/mol. The smallest absolute Gasteiger partial charge is 0.247 e. The van der Waals surface area contributed by atoms with E-state index in [4.69, 9.17) is 5.73 Å². The van der Waals surface area contributed by atoms with Crippen molar-refractivity contribution in [2.24, 2.45) is 0 Å². The molecular formula is C26H24FN5O. The number of amides is 1. The zero-order chi connectivity index (χ0) is 22.9. The number of benzene rings is 3. The molecule has 4 N–H and O–H groups in total. The first kappa shape index (κ1) is 20.8. The lowest BCUT2D eigenvalue weighted by Crippen LogP contribution is -2.18. The predicted molar refractivity (Wildman–Crippen MR) is 132 cm³/mol. The van der Waals surface area contributed by atoms with Crippen LogP contribution in [-0.2, 0) is 4.79 Å². The van der Waals surface area contributed by atoms with Crippen molar-refractivity contribution < 1.29 is 9.18 Å². The maximum atomic E-state index is 15.2. The number of nitrogens with two attached hydrogens (primary N) is 1. The van der Waals surface area contributed by atoms with Crippen LogP contribution in [0.3, 0.4) is 0 Å². The van der Waals surface area contributed by atoms with Crippen molar-refractivity contribution in [3.63, 3.8) is 0 Å². The number of carbonyl (C=O) groups excluding carboxylic acids is 1. The molecule has 4 aromatic rings. The number of rotatable bonds is 5. The van der Waals surface area contributed by atoms with E-state index in [0.717, 1.165) is 59.1 Å². The van der Waals surface area contributed by atoms with E-state index in [-0.39, 0.29) is 11.7 Å². The number of nitrogens with zero attached hydrogens (tertiary/aromatic N) is 2. The first-order valence-electron chi connectivity index (χ1n) is 10.9. The van der Waals surface area contributed by atoms with Gasteiger partial charge >= 0.3 is 0 Å². The lowest BCUT2D eigenvalue weighted by Gasteiger charge is -2.20. The van der Waals surface area contributed by atoms with E-state index in [9.17, 15) is 4.79 Å². The van der Waals surface area contributed by atoms with Crippen LogP contribution in [0.1, 0.15) is 12.8 Å². The molecule has 166 valence electrons. The molecule has 33 heavy (non-hydrogen) atoms. The number of anilines is 3. The molecule has 0 saturated carbocycles. The third kappa shape index (κ3) is 3.82. The zero-order valence-corrected chi connectivity index (χ0v) is 18.1. The maximum absolute atomic E-state index is 15.2. The third-order valence-corrected chi connectivity index (χ3v) is 6.09. The van der Waals surface area contributed by atoms with Crippen LogP contribution in [0.4, 0.5) is 21.6 Å². The van der Waals surface area contributed by atoms with Gasteiger partial charge in [-0.3, -0.25) is 9.89 Å². The highest BCUT2D eigenvalue weighted by molar-refractivity contribution is 6.08. The van der Waals surface area contributed by atoms with Gasteiger partial charge in [0.15, 0.2) is 5.82 Å². The van der Waals surface area contributed by atoms with Crippen molar-refractivity contribution >= 4 is 34.0 Å². The summed E-state index contributed by atoms with van der Waals surface area (Å²) in [7, 11) is 0. The van der Waals surface area contributed by atoms with Crippen LogP contribution in [0.15, 0.2) is 67.3 Å². The normalized spacial score (nSPS) is 13.4. The molecule has 2 heterocycles. The van der Waals surface area contributed by atoms with Crippen molar-refractivity contribution in [1.82, 2.24) is 10.2 Å². The molecule has 0 unspecified atom stereocenters. The summed E-state index contributed by atoms with van der Waals surface area (Å²) in [5.41, 5.74) is 11.6. The molecule has 1 amide bonds. The van der Waals surface area contributed by atoms with Crippen LogP contribution in [-0.4, -0.2) is 29.2 Å². The molecule has 0 bridgehead atoms. The van der Waals surface area contributed by atoms with Gasteiger partial charge < -0.3 is 16.0 Å². The Morgan fingerprint density at radius 3 is 2.52 bits per heavy atom. The summed E-state index contributed by atoms with van der Waals surface area (Å²) in [5, 5.41) is 10.6. The van der Waals surface area contributed by atoms with E-state index < -0.39 is 0 Å². The van der Waals surface area contributed by atoms with Crippen molar-refractivity contribution in [3.8, 4) is 22.3 Å². The van der Waals surface area contributed by atoms with Gasteiger partial charge in [0.25, 0.3) is 0 Å². The Hall–Kier alpha value is -4.13. The summed E-state index contributed by atoms with van der Waals surface area (Å²) in [6.45, 7) is 5.22. The number of H-pyrrole nitrogens is 1. The Balaban J connectivity index is 1.63. The van der Waals surface area contributed by atoms with Crippen molar-refractivity contribution in [2.75, 3.05) is 29.0 Å². The summed E-state index contributed by atoms with van der Waals surface area (Å²) < 4.78 is 15.2. The van der Waals surface area contributed by atoms with Crippen LogP contribution in [0.2, 0.25) is 0 Å². The number of fused-ring (bicyclic) bond motifs is 1. The van der Waals surface area contributed by atoms with E-state index in [0.29, 0.717) is 17.2 Å². The SMILES string of the molecule is C=CC(=O)Nc1ccc(-c2ccc3[nH]nc(N)c3c2-c2ccc(N3CCCC3)c(F)c2)cc1. The molecule has 6 nitrogen and oxygen atoms in total. The summed E-state index contributed by atoms with van der Waals surface area (Å²) in [5.74, 6) is -0.160. The van der Waals surface area contributed by atoms with Gasteiger partial charge in [0.1, 0.15) is 5.82 Å². The number of hydrogen-bond acceptors (Lipinski definition) is 4. The van der Waals surface area contributed by atoms with Crippen LogP contribution in [0.5, 0.6) is 0 Å². The molecule has 0 radical (unpaired) electrons. The second kappa shape index (κ2) is 8.43. The number of halogens is 1. The van der Waals surface area contributed by atoms with Crippen molar-refractivity contribution in [1.29, 1.82) is 0 Å². The number of hydrogen-bond donors (Lipinski definition) is 3. The standard InChI is InChI=1S/C26H24FN5O/c1-2-23(33)29-18-8-5-16(6-9-18)19-10-11-21-25(26(28)31-30-21)24(19)17-7-12-22(20(27)15-17)32-13-3-4-14-32/h2,5-12,15H,1,3-4,13-14H2,(H,29,33)(H3,28,30,31). The molecule has 1 aromatic heterocycles. The molecule has 1 saturated heterocycles. The molecule has 0 atom stereocenters. The number of nitrogens with one attached hydrogen (secondary N) is 2. The molecule has 1 aliphatic heterocycles. The Morgan fingerprint density at radius 2 is 1.82 bits per heavy atom. The fraction of sp³-hybridized carbons (Fsp3) is 0.154. The van der Waals surface area contributed by atoms with Crippen LogP contribution in [0, 0.1) is 5.82 Å². The number of aromatic nitrogens is 2. The molecule has 1 fully saturated rings. The van der Waals surface area contributed by atoms with E-state index in [1.54, 1.807) is 6.07 Å².